The lowest BCUT2D eigenvalue weighted by molar-refractivity contribution is -0.147. The molecular formula is C15H25N5O2. The SMILES string of the molecule is C[C@@H]1CC[C@@H](c2ccn(CCN(C)C)n2)N(C(=O)C(N)=O)C1. The molecule has 2 atom stereocenters. The molecule has 0 radical (unpaired) electrons. The van der Waals surface area contributed by atoms with E-state index in [0.29, 0.717) is 12.5 Å². The maximum absolute atomic E-state index is 12.1. The highest BCUT2D eigenvalue weighted by molar-refractivity contribution is 6.34. The van der Waals surface area contributed by atoms with E-state index >= 15 is 0 Å². The van der Waals surface area contributed by atoms with Crippen LogP contribution in [0, 0.1) is 5.92 Å². The van der Waals surface area contributed by atoms with Gasteiger partial charge in [0.05, 0.1) is 18.3 Å². The van der Waals surface area contributed by atoms with Gasteiger partial charge < -0.3 is 15.5 Å². The summed E-state index contributed by atoms with van der Waals surface area (Å²) in [5.41, 5.74) is 6.01. The number of carbonyl (C=O) groups excluding carboxylic acids is 2. The van der Waals surface area contributed by atoms with Gasteiger partial charge in [-0.15, -0.1) is 0 Å². The number of hydrogen-bond acceptors (Lipinski definition) is 4. The summed E-state index contributed by atoms with van der Waals surface area (Å²) < 4.78 is 1.88. The van der Waals surface area contributed by atoms with E-state index in [9.17, 15) is 9.59 Å². The molecule has 1 aromatic heterocycles. The molecule has 1 saturated heterocycles. The molecule has 1 aliphatic heterocycles. The van der Waals surface area contributed by atoms with E-state index in [4.69, 9.17) is 5.73 Å². The molecule has 0 unspecified atom stereocenters. The minimum Gasteiger partial charge on any atom is -0.361 e. The number of carbonyl (C=O) groups is 2. The number of nitrogens with two attached hydrogens (primary N) is 1. The van der Waals surface area contributed by atoms with Crippen LogP contribution in [0.5, 0.6) is 0 Å². The number of likely N-dealkylation sites (tertiary alicyclic amines) is 1. The van der Waals surface area contributed by atoms with Gasteiger partial charge in [-0.2, -0.15) is 5.10 Å². The van der Waals surface area contributed by atoms with E-state index in [-0.39, 0.29) is 6.04 Å². The second-order valence-corrected chi connectivity index (χ2v) is 6.33. The number of primary amides is 1. The molecule has 7 nitrogen and oxygen atoms in total. The van der Waals surface area contributed by atoms with Gasteiger partial charge >= 0.3 is 11.8 Å². The van der Waals surface area contributed by atoms with Crippen molar-refractivity contribution in [3.8, 4) is 0 Å². The van der Waals surface area contributed by atoms with E-state index in [2.05, 4.69) is 16.9 Å². The lowest BCUT2D eigenvalue weighted by atomic mass is 9.92. The topological polar surface area (TPSA) is 84.5 Å². The summed E-state index contributed by atoms with van der Waals surface area (Å²) >= 11 is 0. The molecule has 2 heterocycles. The normalized spacial score (nSPS) is 22.1. The fourth-order valence-corrected chi connectivity index (χ4v) is 2.81. The Labute approximate surface area is 131 Å². The number of hydrogen-bond donors (Lipinski definition) is 1. The first-order chi connectivity index (χ1) is 10.4. The van der Waals surface area contributed by atoms with Crippen molar-refractivity contribution in [2.75, 3.05) is 27.2 Å². The summed E-state index contributed by atoms with van der Waals surface area (Å²) in [6, 6.07) is 1.77. The Morgan fingerprint density at radius 1 is 1.41 bits per heavy atom. The Balaban J connectivity index is 2.14. The van der Waals surface area contributed by atoms with Crippen molar-refractivity contribution in [1.29, 1.82) is 0 Å². The molecule has 0 aliphatic carbocycles. The summed E-state index contributed by atoms with van der Waals surface area (Å²) in [5, 5.41) is 4.57. The Morgan fingerprint density at radius 3 is 2.77 bits per heavy atom. The van der Waals surface area contributed by atoms with Gasteiger partial charge in [0.25, 0.3) is 0 Å². The second-order valence-electron chi connectivity index (χ2n) is 6.33. The average molecular weight is 307 g/mol. The molecule has 122 valence electrons. The fraction of sp³-hybridized carbons (Fsp3) is 0.667. The largest absolute Gasteiger partial charge is 0.361 e. The number of nitrogens with zero attached hydrogens (tertiary/aromatic N) is 4. The highest BCUT2D eigenvalue weighted by Gasteiger charge is 2.34. The Kier molecular flexibility index (Phi) is 5.18. The van der Waals surface area contributed by atoms with Crippen molar-refractivity contribution in [1.82, 2.24) is 19.6 Å². The summed E-state index contributed by atoms with van der Waals surface area (Å²) in [6.45, 7) is 4.32. The van der Waals surface area contributed by atoms with Crippen molar-refractivity contribution in [3.63, 3.8) is 0 Å². The third-order valence-electron chi connectivity index (χ3n) is 4.07. The Bertz CT molecular complexity index is 540. The maximum Gasteiger partial charge on any atom is 0.312 e. The predicted molar refractivity (Wildman–Crippen MR) is 82.8 cm³/mol. The van der Waals surface area contributed by atoms with E-state index in [1.165, 1.54) is 0 Å². The zero-order valence-corrected chi connectivity index (χ0v) is 13.5. The third-order valence-corrected chi connectivity index (χ3v) is 4.07. The van der Waals surface area contributed by atoms with Crippen molar-refractivity contribution >= 4 is 11.8 Å². The number of likely N-dealkylation sites (N-methyl/N-ethyl adjacent to an activating group) is 1. The lowest BCUT2D eigenvalue weighted by Gasteiger charge is -2.37. The monoisotopic (exact) mass is 307 g/mol. The van der Waals surface area contributed by atoms with Crippen LogP contribution in [0.3, 0.4) is 0 Å². The third kappa shape index (κ3) is 3.85. The van der Waals surface area contributed by atoms with Crippen LogP contribution >= 0.6 is 0 Å². The van der Waals surface area contributed by atoms with Gasteiger partial charge in [-0.05, 0) is 38.9 Å². The summed E-state index contributed by atoms with van der Waals surface area (Å²) in [4.78, 5) is 27.0. The van der Waals surface area contributed by atoms with E-state index in [1.807, 2.05) is 31.0 Å². The lowest BCUT2D eigenvalue weighted by Crippen LogP contribution is -2.47. The van der Waals surface area contributed by atoms with Crippen LogP contribution < -0.4 is 5.73 Å². The van der Waals surface area contributed by atoms with Gasteiger partial charge in [0, 0.05) is 19.3 Å². The van der Waals surface area contributed by atoms with Crippen molar-refractivity contribution in [3.05, 3.63) is 18.0 Å². The minimum atomic E-state index is -0.897. The van der Waals surface area contributed by atoms with E-state index < -0.39 is 11.8 Å². The molecule has 0 saturated carbocycles. The number of aromatic nitrogens is 2. The van der Waals surface area contributed by atoms with E-state index in [1.54, 1.807) is 4.90 Å². The van der Waals surface area contributed by atoms with Gasteiger partial charge in [-0.3, -0.25) is 14.3 Å². The van der Waals surface area contributed by atoms with Gasteiger partial charge in [0.15, 0.2) is 0 Å². The van der Waals surface area contributed by atoms with Crippen LogP contribution in [0.4, 0.5) is 0 Å². The smallest absolute Gasteiger partial charge is 0.312 e. The zero-order chi connectivity index (χ0) is 16.3. The van der Waals surface area contributed by atoms with Crippen LogP contribution in [0.15, 0.2) is 12.3 Å². The van der Waals surface area contributed by atoms with Crippen molar-refractivity contribution in [2.45, 2.75) is 32.4 Å². The molecule has 0 aromatic carbocycles. The molecule has 2 amide bonds. The number of piperidine rings is 1. The van der Waals surface area contributed by atoms with Gasteiger partial charge in [0.2, 0.25) is 0 Å². The van der Waals surface area contributed by atoms with Crippen LogP contribution in [0.25, 0.3) is 0 Å². The highest BCUT2D eigenvalue weighted by Crippen LogP contribution is 2.32. The average Bonchev–Trinajstić information content (AvgIpc) is 2.92. The number of rotatable bonds is 4. The van der Waals surface area contributed by atoms with Gasteiger partial charge in [-0.25, -0.2) is 0 Å². The molecule has 2 rings (SSSR count). The first-order valence-corrected chi connectivity index (χ1v) is 7.67. The zero-order valence-electron chi connectivity index (χ0n) is 13.5. The molecular weight excluding hydrogens is 282 g/mol. The standard InChI is InChI=1S/C15H25N5O2/c1-11-4-5-13(20(10-11)15(22)14(16)21)12-6-7-19(17-12)9-8-18(2)3/h6-7,11,13H,4-5,8-10H2,1-3H3,(H2,16,21)/t11-,13+/m1/s1. The summed E-state index contributed by atoms with van der Waals surface area (Å²) in [5.74, 6) is -1.14. The maximum atomic E-state index is 12.1. The summed E-state index contributed by atoms with van der Waals surface area (Å²) in [6.07, 6.45) is 3.74. The highest BCUT2D eigenvalue weighted by atomic mass is 16.2. The first-order valence-electron chi connectivity index (χ1n) is 7.67. The minimum absolute atomic E-state index is 0.156. The molecule has 1 aliphatic rings. The first kappa shape index (κ1) is 16.5. The molecule has 1 aromatic rings. The van der Waals surface area contributed by atoms with Gasteiger partial charge in [0.1, 0.15) is 0 Å². The molecule has 0 bridgehead atoms. The predicted octanol–water partition coefficient (Wildman–Crippen LogP) is 0.230. The number of amides is 2. The molecule has 2 N–H and O–H groups in total. The Hall–Kier alpha value is -1.89. The fourth-order valence-electron chi connectivity index (χ4n) is 2.81. The molecule has 7 heteroatoms. The van der Waals surface area contributed by atoms with Crippen LogP contribution in [0.2, 0.25) is 0 Å². The van der Waals surface area contributed by atoms with Crippen molar-refractivity contribution < 1.29 is 9.59 Å². The van der Waals surface area contributed by atoms with Crippen molar-refractivity contribution in [2.24, 2.45) is 11.7 Å². The van der Waals surface area contributed by atoms with Crippen LogP contribution in [-0.2, 0) is 16.1 Å². The van der Waals surface area contributed by atoms with Gasteiger partial charge in [-0.1, -0.05) is 6.92 Å². The van der Waals surface area contributed by atoms with Crippen LogP contribution in [0.1, 0.15) is 31.5 Å². The quantitative estimate of drug-likeness (QED) is 0.807. The van der Waals surface area contributed by atoms with Crippen LogP contribution in [-0.4, -0.2) is 58.6 Å². The molecule has 1 fully saturated rings. The summed E-state index contributed by atoms with van der Waals surface area (Å²) in [7, 11) is 4.03. The second kappa shape index (κ2) is 6.91. The molecule has 0 spiro atoms. The Morgan fingerprint density at radius 2 is 2.14 bits per heavy atom. The molecule has 22 heavy (non-hydrogen) atoms. The van der Waals surface area contributed by atoms with E-state index in [0.717, 1.165) is 31.6 Å².